The zero-order valence-corrected chi connectivity index (χ0v) is 15.6. The molecule has 0 aliphatic heterocycles. The molecule has 3 rings (SSSR count). The van der Waals surface area contributed by atoms with Crippen LogP contribution in [0.1, 0.15) is 43.5 Å². The standard InChI is InChI=1S/C23H24N2O2/c1-16(20-13-12-18-8-6-7-11-21(18)14-20)24-23(27)15-22(25-17(2)26)19-9-4-3-5-10-19/h3-14,16,22H,15H2,1-2H3,(H,24,27)(H,25,26)/t16-,22+/m1/s1. The summed E-state index contributed by atoms with van der Waals surface area (Å²) >= 11 is 0. The predicted molar refractivity (Wildman–Crippen MR) is 108 cm³/mol. The first-order valence-corrected chi connectivity index (χ1v) is 9.13. The summed E-state index contributed by atoms with van der Waals surface area (Å²) in [5, 5.41) is 8.23. The Kier molecular flexibility index (Phi) is 5.87. The molecule has 2 amide bonds. The lowest BCUT2D eigenvalue weighted by molar-refractivity contribution is -0.123. The molecule has 0 heterocycles. The highest BCUT2D eigenvalue weighted by Gasteiger charge is 2.18. The van der Waals surface area contributed by atoms with Gasteiger partial charge in [0.1, 0.15) is 0 Å². The number of amides is 2. The molecule has 0 radical (unpaired) electrons. The number of fused-ring (bicyclic) bond motifs is 1. The van der Waals surface area contributed by atoms with Gasteiger partial charge in [0.15, 0.2) is 0 Å². The van der Waals surface area contributed by atoms with Crippen molar-refractivity contribution in [2.45, 2.75) is 32.4 Å². The minimum absolute atomic E-state index is 0.0988. The fourth-order valence-electron chi connectivity index (χ4n) is 3.23. The topological polar surface area (TPSA) is 58.2 Å². The fraction of sp³-hybridized carbons (Fsp3) is 0.217. The van der Waals surface area contributed by atoms with E-state index in [0.717, 1.165) is 16.5 Å². The zero-order valence-electron chi connectivity index (χ0n) is 15.6. The molecule has 138 valence electrons. The van der Waals surface area contributed by atoms with Gasteiger partial charge in [-0.3, -0.25) is 9.59 Å². The molecule has 3 aromatic carbocycles. The lowest BCUT2D eigenvalue weighted by Crippen LogP contribution is -2.33. The average molecular weight is 360 g/mol. The van der Waals surface area contributed by atoms with Gasteiger partial charge in [0, 0.05) is 6.92 Å². The summed E-state index contributed by atoms with van der Waals surface area (Å²) in [6.45, 7) is 3.43. The van der Waals surface area contributed by atoms with Crippen LogP contribution in [-0.4, -0.2) is 11.8 Å². The molecule has 0 saturated carbocycles. The summed E-state index contributed by atoms with van der Waals surface area (Å²) in [5.74, 6) is -0.252. The predicted octanol–water partition coefficient (Wildman–Crippen LogP) is 4.28. The second-order valence-corrected chi connectivity index (χ2v) is 6.76. The molecule has 0 unspecified atom stereocenters. The number of carbonyl (C=O) groups excluding carboxylic acids is 2. The van der Waals surface area contributed by atoms with Crippen molar-refractivity contribution in [2.75, 3.05) is 0 Å². The van der Waals surface area contributed by atoms with E-state index >= 15 is 0 Å². The second-order valence-electron chi connectivity index (χ2n) is 6.76. The van der Waals surface area contributed by atoms with Crippen LogP contribution in [0.4, 0.5) is 0 Å². The van der Waals surface area contributed by atoms with Crippen LogP contribution in [0.2, 0.25) is 0 Å². The third kappa shape index (κ3) is 4.94. The van der Waals surface area contributed by atoms with E-state index in [-0.39, 0.29) is 30.3 Å². The summed E-state index contributed by atoms with van der Waals surface area (Å²) in [7, 11) is 0. The van der Waals surface area contributed by atoms with Gasteiger partial charge in [-0.25, -0.2) is 0 Å². The molecule has 27 heavy (non-hydrogen) atoms. The highest BCUT2D eigenvalue weighted by molar-refractivity contribution is 5.83. The van der Waals surface area contributed by atoms with E-state index in [1.807, 2.05) is 55.5 Å². The van der Waals surface area contributed by atoms with Crippen molar-refractivity contribution in [1.82, 2.24) is 10.6 Å². The van der Waals surface area contributed by atoms with Gasteiger partial charge < -0.3 is 10.6 Å². The maximum absolute atomic E-state index is 12.6. The summed E-state index contributed by atoms with van der Waals surface area (Å²) in [4.78, 5) is 24.1. The Balaban J connectivity index is 1.69. The van der Waals surface area contributed by atoms with E-state index in [1.165, 1.54) is 12.3 Å². The van der Waals surface area contributed by atoms with Crippen molar-refractivity contribution < 1.29 is 9.59 Å². The van der Waals surface area contributed by atoms with Crippen LogP contribution < -0.4 is 10.6 Å². The number of hydrogen-bond acceptors (Lipinski definition) is 2. The quantitative estimate of drug-likeness (QED) is 0.689. The van der Waals surface area contributed by atoms with Gasteiger partial charge in [0.2, 0.25) is 11.8 Å². The molecule has 0 fully saturated rings. The molecule has 0 aliphatic carbocycles. The van der Waals surface area contributed by atoms with Crippen molar-refractivity contribution in [2.24, 2.45) is 0 Å². The van der Waals surface area contributed by atoms with Crippen LogP contribution in [0, 0.1) is 0 Å². The molecule has 2 N–H and O–H groups in total. The van der Waals surface area contributed by atoms with Crippen LogP contribution >= 0.6 is 0 Å². The van der Waals surface area contributed by atoms with Crippen molar-refractivity contribution in [3.05, 3.63) is 83.9 Å². The smallest absolute Gasteiger partial charge is 0.222 e. The Morgan fingerprint density at radius 1 is 0.815 bits per heavy atom. The van der Waals surface area contributed by atoms with Crippen molar-refractivity contribution in [3.63, 3.8) is 0 Å². The van der Waals surface area contributed by atoms with Gasteiger partial charge in [-0.2, -0.15) is 0 Å². The first-order valence-electron chi connectivity index (χ1n) is 9.13. The second kappa shape index (κ2) is 8.49. The Morgan fingerprint density at radius 2 is 1.48 bits per heavy atom. The SMILES string of the molecule is CC(=O)N[C@@H](CC(=O)N[C@H](C)c1ccc2ccccc2c1)c1ccccc1. The van der Waals surface area contributed by atoms with Crippen molar-refractivity contribution >= 4 is 22.6 Å². The molecule has 3 aromatic rings. The van der Waals surface area contributed by atoms with Crippen LogP contribution in [0.15, 0.2) is 72.8 Å². The average Bonchev–Trinajstić information content (AvgIpc) is 2.67. The third-order valence-corrected chi connectivity index (χ3v) is 4.62. The van der Waals surface area contributed by atoms with Gasteiger partial charge in [-0.05, 0) is 34.9 Å². The van der Waals surface area contributed by atoms with Gasteiger partial charge in [0.25, 0.3) is 0 Å². The van der Waals surface area contributed by atoms with E-state index in [4.69, 9.17) is 0 Å². The molecule has 0 saturated heterocycles. The van der Waals surface area contributed by atoms with E-state index in [1.54, 1.807) is 0 Å². The Hall–Kier alpha value is -3.14. The third-order valence-electron chi connectivity index (χ3n) is 4.62. The first kappa shape index (κ1) is 18.6. The minimum Gasteiger partial charge on any atom is -0.350 e. The number of benzene rings is 3. The molecule has 0 aromatic heterocycles. The normalized spacial score (nSPS) is 13.0. The Labute approximate surface area is 159 Å². The molecule has 0 spiro atoms. The number of carbonyl (C=O) groups is 2. The maximum Gasteiger partial charge on any atom is 0.222 e. The molecule has 4 heteroatoms. The summed E-state index contributed by atoms with van der Waals surface area (Å²) < 4.78 is 0. The van der Waals surface area contributed by atoms with Crippen LogP contribution in [0.25, 0.3) is 10.8 Å². The monoisotopic (exact) mass is 360 g/mol. The minimum atomic E-state index is -0.340. The van der Waals surface area contributed by atoms with E-state index < -0.39 is 0 Å². The maximum atomic E-state index is 12.6. The lowest BCUT2D eigenvalue weighted by Gasteiger charge is -2.20. The summed E-state index contributed by atoms with van der Waals surface area (Å²) in [6, 6.07) is 23.5. The Bertz CT molecular complexity index is 937. The van der Waals surface area contributed by atoms with Gasteiger partial charge >= 0.3 is 0 Å². The Morgan fingerprint density at radius 3 is 2.19 bits per heavy atom. The molecule has 0 bridgehead atoms. The fourth-order valence-corrected chi connectivity index (χ4v) is 3.23. The van der Waals surface area contributed by atoms with Crippen molar-refractivity contribution in [1.29, 1.82) is 0 Å². The van der Waals surface area contributed by atoms with Crippen LogP contribution in [0.5, 0.6) is 0 Å². The first-order chi connectivity index (χ1) is 13.0. The number of nitrogens with one attached hydrogen (secondary N) is 2. The van der Waals surface area contributed by atoms with Gasteiger partial charge in [0.05, 0.1) is 18.5 Å². The lowest BCUT2D eigenvalue weighted by atomic mass is 10.0. The highest BCUT2D eigenvalue weighted by Crippen LogP contribution is 2.21. The number of hydrogen-bond donors (Lipinski definition) is 2. The number of rotatable bonds is 6. The van der Waals surface area contributed by atoms with Crippen molar-refractivity contribution in [3.8, 4) is 0 Å². The van der Waals surface area contributed by atoms with Crippen LogP contribution in [0.3, 0.4) is 0 Å². The molecule has 2 atom stereocenters. The molecule has 4 nitrogen and oxygen atoms in total. The molecular formula is C23H24N2O2. The van der Waals surface area contributed by atoms with E-state index in [9.17, 15) is 9.59 Å². The summed E-state index contributed by atoms with van der Waals surface area (Å²) in [5.41, 5.74) is 1.97. The molecule has 0 aliphatic rings. The van der Waals surface area contributed by atoms with E-state index in [2.05, 4.69) is 34.9 Å². The van der Waals surface area contributed by atoms with E-state index in [0.29, 0.717) is 0 Å². The largest absolute Gasteiger partial charge is 0.350 e. The highest BCUT2D eigenvalue weighted by atomic mass is 16.2. The zero-order chi connectivity index (χ0) is 19.2. The molecular weight excluding hydrogens is 336 g/mol. The summed E-state index contributed by atoms with van der Waals surface area (Å²) in [6.07, 6.45) is 0.196. The van der Waals surface area contributed by atoms with Crippen LogP contribution in [-0.2, 0) is 9.59 Å². The van der Waals surface area contributed by atoms with Gasteiger partial charge in [-0.15, -0.1) is 0 Å². The van der Waals surface area contributed by atoms with Gasteiger partial charge in [-0.1, -0.05) is 66.7 Å².